The summed E-state index contributed by atoms with van der Waals surface area (Å²) < 4.78 is 0. The summed E-state index contributed by atoms with van der Waals surface area (Å²) in [6.45, 7) is 0. The molecular formula is Cl2FeNa. The minimum absolute atomic E-state index is 0. The second-order valence-corrected chi connectivity index (χ2v) is 1.87. The Morgan fingerprint density at radius 2 is 1.25 bits per heavy atom. The molecule has 0 aromatic rings. The maximum Gasteiger partial charge on any atom is 0 e. The van der Waals surface area contributed by atoms with E-state index in [1.807, 2.05) is 0 Å². The van der Waals surface area contributed by atoms with Crippen LogP contribution < -0.4 is 0 Å². The first-order valence-corrected chi connectivity index (χ1v) is 3.31. The molecule has 0 spiro atoms. The van der Waals surface area contributed by atoms with Crippen molar-refractivity contribution in [3.63, 3.8) is 0 Å². The van der Waals surface area contributed by atoms with Crippen LogP contribution in [0.1, 0.15) is 0 Å². The quantitative estimate of drug-likeness (QED) is 0.451. The van der Waals surface area contributed by atoms with Crippen molar-refractivity contribution in [1.82, 2.24) is 0 Å². The van der Waals surface area contributed by atoms with Crippen LogP contribution in [-0.4, -0.2) is 29.6 Å². The van der Waals surface area contributed by atoms with E-state index >= 15 is 0 Å². The van der Waals surface area contributed by atoms with Crippen molar-refractivity contribution in [2.24, 2.45) is 0 Å². The summed E-state index contributed by atoms with van der Waals surface area (Å²) in [5, 5.41) is 0. The topological polar surface area (TPSA) is 0 Å². The third-order valence-corrected chi connectivity index (χ3v) is 0. The van der Waals surface area contributed by atoms with Crippen molar-refractivity contribution >= 4 is 49.8 Å². The van der Waals surface area contributed by atoms with Crippen molar-refractivity contribution in [3.05, 3.63) is 0 Å². The van der Waals surface area contributed by atoms with Gasteiger partial charge < -0.3 is 0 Å². The standard InChI is InChI=1S/2ClH.Fe.Na/h2*1H;;/q;;+2;/p-2. The van der Waals surface area contributed by atoms with Crippen molar-refractivity contribution in [3.8, 4) is 0 Å². The second kappa shape index (κ2) is 8.92. The number of hydrogen-bond acceptors (Lipinski definition) is 0. The molecule has 0 saturated heterocycles. The number of halogens is 2. The van der Waals surface area contributed by atoms with E-state index < -0.39 is 0 Å². The molecule has 0 atom stereocenters. The third-order valence-electron chi connectivity index (χ3n) is 0. The van der Waals surface area contributed by atoms with E-state index in [1.54, 1.807) is 0 Å². The molecule has 0 rings (SSSR count). The van der Waals surface area contributed by atoms with Gasteiger partial charge in [0.1, 0.15) is 0 Å². The maximum atomic E-state index is 4.76. The fraction of sp³-hybridized carbons (Fsp3) is 0. The molecule has 0 unspecified atom stereocenters. The van der Waals surface area contributed by atoms with Crippen LogP contribution >= 0.6 is 20.2 Å². The zero-order valence-corrected chi connectivity index (χ0v) is 6.73. The molecule has 0 fully saturated rings. The molecule has 4 heteroatoms. The minimum Gasteiger partial charge on any atom is 0 e. The van der Waals surface area contributed by atoms with Gasteiger partial charge in [0.25, 0.3) is 0 Å². The van der Waals surface area contributed by atoms with Gasteiger partial charge in [-0.25, -0.2) is 0 Å². The number of rotatable bonds is 0. The van der Waals surface area contributed by atoms with E-state index in [-0.39, 0.29) is 42.7 Å². The molecule has 1 radical (unpaired) electrons. The predicted octanol–water partition coefficient (Wildman–Crippen LogP) is 0.996. The first-order valence-electron chi connectivity index (χ1n) is 0.267. The van der Waals surface area contributed by atoms with Crippen LogP contribution in [0.2, 0.25) is 0 Å². The molecule has 0 aromatic heterocycles. The molecule has 0 bridgehead atoms. The van der Waals surface area contributed by atoms with Gasteiger partial charge in [-0.05, 0) is 0 Å². The Balaban J connectivity index is 0. The van der Waals surface area contributed by atoms with E-state index in [2.05, 4.69) is 0 Å². The molecule has 0 aliphatic heterocycles. The molecule has 0 amide bonds. The summed E-state index contributed by atoms with van der Waals surface area (Å²) in [7, 11) is 9.53. The molecule has 0 aliphatic rings. The Hall–Kier alpha value is 2.10. The Bertz CT molecular complexity index is 6.00. The Morgan fingerprint density at radius 3 is 1.25 bits per heavy atom. The van der Waals surface area contributed by atoms with Gasteiger partial charge in [-0.2, -0.15) is 0 Å². The van der Waals surface area contributed by atoms with Gasteiger partial charge >= 0.3 is 33.3 Å². The minimum atomic E-state index is 0. The molecular weight excluding hydrogens is 150 g/mol. The van der Waals surface area contributed by atoms with Gasteiger partial charge in [0, 0.05) is 29.6 Å². The van der Waals surface area contributed by atoms with Gasteiger partial charge in [-0.15, -0.1) is 0 Å². The summed E-state index contributed by atoms with van der Waals surface area (Å²) in [6.07, 6.45) is 0. The summed E-state index contributed by atoms with van der Waals surface area (Å²) in [6, 6.07) is 0. The summed E-state index contributed by atoms with van der Waals surface area (Å²) in [4.78, 5) is 0. The molecule has 4 heavy (non-hydrogen) atoms. The predicted molar refractivity (Wildman–Crippen MR) is 17.5 cm³/mol. The Labute approximate surface area is 62.1 Å². The van der Waals surface area contributed by atoms with Crippen LogP contribution in [0.5, 0.6) is 0 Å². The van der Waals surface area contributed by atoms with Crippen LogP contribution in [-0.2, 0) is 13.1 Å². The third kappa shape index (κ3) is 8.93. The largest absolute Gasteiger partial charge is 0 e. The molecule has 0 N–H and O–H groups in total. The average Bonchev–Trinajstić information content (AvgIpc) is 0.918. The fourth-order valence-electron chi connectivity index (χ4n) is 0. The fourth-order valence-corrected chi connectivity index (χ4v) is 0. The zero-order chi connectivity index (χ0) is 2.71. The second-order valence-electron chi connectivity index (χ2n) is 0.0505. The zero-order valence-electron chi connectivity index (χ0n) is 2.11. The van der Waals surface area contributed by atoms with E-state index in [4.69, 9.17) is 20.2 Å². The normalized spacial score (nSPS) is 5.50. The van der Waals surface area contributed by atoms with E-state index in [0.717, 1.165) is 0 Å². The summed E-state index contributed by atoms with van der Waals surface area (Å²) in [5.41, 5.74) is 0. The van der Waals surface area contributed by atoms with Gasteiger partial charge in [-0.3, -0.25) is 0 Å². The van der Waals surface area contributed by atoms with E-state index in [1.165, 1.54) is 0 Å². The molecule has 0 nitrogen and oxygen atoms in total. The SMILES string of the molecule is [Cl][Fe][Cl].[Na]. The number of hydrogen-bond donors (Lipinski definition) is 0. The molecule has 0 heterocycles. The smallest absolute Gasteiger partial charge is 0 e. The van der Waals surface area contributed by atoms with Crippen LogP contribution in [0.3, 0.4) is 0 Å². The average molecular weight is 150 g/mol. The molecule has 0 saturated carbocycles. The van der Waals surface area contributed by atoms with Gasteiger partial charge in [0.2, 0.25) is 0 Å². The summed E-state index contributed by atoms with van der Waals surface area (Å²) >= 11 is 0.194. The van der Waals surface area contributed by atoms with Crippen LogP contribution in [0.4, 0.5) is 0 Å². The van der Waals surface area contributed by atoms with Crippen molar-refractivity contribution in [2.75, 3.05) is 0 Å². The Morgan fingerprint density at radius 1 is 1.25 bits per heavy atom. The van der Waals surface area contributed by atoms with Gasteiger partial charge in [0.15, 0.2) is 0 Å². The van der Waals surface area contributed by atoms with Crippen molar-refractivity contribution in [2.45, 2.75) is 0 Å². The maximum absolute atomic E-state index is 4.76. The van der Waals surface area contributed by atoms with E-state index in [9.17, 15) is 0 Å². The van der Waals surface area contributed by atoms with Gasteiger partial charge in [-0.1, -0.05) is 0 Å². The monoisotopic (exact) mass is 149 g/mol. The van der Waals surface area contributed by atoms with E-state index in [0.29, 0.717) is 0 Å². The summed E-state index contributed by atoms with van der Waals surface area (Å²) in [5.74, 6) is 0. The molecule has 0 aromatic carbocycles. The van der Waals surface area contributed by atoms with Crippen LogP contribution in [0.25, 0.3) is 0 Å². The first-order chi connectivity index (χ1) is 1.41. The first kappa shape index (κ1) is 9.44. The van der Waals surface area contributed by atoms with Gasteiger partial charge in [0.05, 0.1) is 0 Å². The van der Waals surface area contributed by atoms with Crippen LogP contribution in [0, 0.1) is 0 Å². The Kier molecular flexibility index (Phi) is 21.0. The molecule has 0 aliphatic carbocycles. The van der Waals surface area contributed by atoms with Crippen molar-refractivity contribution in [1.29, 1.82) is 0 Å². The van der Waals surface area contributed by atoms with Crippen LogP contribution in [0.15, 0.2) is 0 Å². The van der Waals surface area contributed by atoms with Crippen molar-refractivity contribution < 1.29 is 13.1 Å². The molecule has 23 valence electrons.